The molecule has 2 amide bonds. The fraction of sp³-hybridized carbons (Fsp3) is 0.364. The highest BCUT2D eigenvalue weighted by Crippen LogP contribution is 2.02. The predicted molar refractivity (Wildman–Crippen MR) is 60.4 cm³/mol. The first-order chi connectivity index (χ1) is 8.25. The van der Waals surface area contributed by atoms with Crippen LogP contribution in [0.4, 0.5) is 0 Å². The Labute approximate surface area is 98.8 Å². The topological polar surface area (TPSA) is 83.1 Å². The van der Waals surface area contributed by atoms with E-state index >= 15 is 0 Å². The van der Waals surface area contributed by atoms with Gasteiger partial charge in [-0.1, -0.05) is 0 Å². The fourth-order valence-electron chi connectivity index (χ4n) is 1.59. The average molecular weight is 234 g/mol. The van der Waals surface area contributed by atoms with Crippen LogP contribution in [0, 0.1) is 0 Å². The summed E-state index contributed by atoms with van der Waals surface area (Å²) >= 11 is 0. The van der Waals surface area contributed by atoms with Crippen LogP contribution in [0.1, 0.15) is 18.4 Å². The molecule has 0 radical (unpaired) electrons. The lowest BCUT2D eigenvalue weighted by molar-refractivity contribution is -0.129. The van der Waals surface area contributed by atoms with Crippen LogP contribution >= 0.6 is 0 Å². The average Bonchev–Trinajstić information content (AvgIpc) is 2.38. The van der Waals surface area contributed by atoms with Crippen molar-refractivity contribution >= 4 is 11.8 Å². The molecular formula is C11H14N4O2. The number of rotatable bonds is 3. The van der Waals surface area contributed by atoms with Crippen molar-refractivity contribution in [3.63, 3.8) is 0 Å². The van der Waals surface area contributed by atoms with E-state index in [-0.39, 0.29) is 17.9 Å². The summed E-state index contributed by atoms with van der Waals surface area (Å²) in [6, 6.07) is 3.33. The van der Waals surface area contributed by atoms with Crippen molar-refractivity contribution in [3.8, 4) is 0 Å². The number of hydrogen-bond acceptors (Lipinski definition) is 4. The minimum Gasteiger partial charge on any atom is -0.351 e. The normalized spacial score (nSPS) is 19.5. The number of carbonyl (C=O) groups is 2. The van der Waals surface area contributed by atoms with Gasteiger partial charge in [0.2, 0.25) is 11.8 Å². The van der Waals surface area contributed by atoms with Crippen molar-refractivity contribution in [1.82, 2.24) is 21.2 Å². The predicted octanol–water partition coefficient (Wildman–Crippen LogP) is -0.519. The van der Waals surface area contributed by atoms with Gasteiger partial charge in [0.05, 0.1) is 0 Å². The van der Waals surface area contributed by atoms with E-state index in [4.69, 9.17) is 0 Å². The highest BCUT2D eigenvalue weighted by molar-refractivity contribution is 5.85. The molecule has 2 heterocycles. The monoisotopic (exact) mass is 234 g/mol. The van der Waals surface area contributed by atoms with Crippen molar-refractivity contribution in [2.45, 2.75) is 25.4 Å². The molecule has 1 fully saturated rings. The van der Waals surface area contributed by atoms with Gasteiger partial charge in [-0.25, -0.2) is 5.43 Å². The van der Waals surface area contributed by atoms with E-state index in [0.717, 1.165) is 5.56 Å². The van der Waals surface area contributed by atoms with Crippen LogP contribution < -0.4 is 16.2 Å². The fourth-order valence-corrected chi connectivity index (χ4v) is 1.59. The molecule has 1 aliphatic rings. The number of hydrazine groups is 1. The smallest absolute Gasteiger partial charge is 0.239 e. The Morgan fingerprint density at radius 3 is 2.88 bits per heavy atom. The Morgan fingerprint density at radius 2 is 2.24 bits per heavy atom. The van der Waals surface area contributed by atoms with Crippen molar-refractivity contribution in [3.05, 3.63) is 30.1 Å². The number of carbonyl (C=O) groups excluding carboxylic acids is 2. The minimum atomic E-state index is -0.352. The molecule has 1 atom stereocenters. The van der Waals surface area contributed by atoms with Crippen LogP contribution in [0.25, 0.3) is 0 Å². The molecular weight excluding hydrogens is 220 g/mol. The van der Waals surface area contributed by atoms with Crippen molar-refractivity contribution in [2.24, 2.45) is 0 Å². The molecule has 1 saturated heterocycles. The third kappa shape index (κ3) is 3.25. The Hall–Kier alpha value is -1.95. The summed E-state index contributed by atoms with van der Waals surface area (Å²) in [5, 5.41) is 2.80. The first-order valence-corrected chi connectivity index (χ1v) is 5.46. The van der Waals surface area contributed by atoms with E-state index in [1.807, 2.05) is 12.1 Å². The Balaban J connectivity index is 1.80. The maximum Gasteiger partial charge on any atom is 0.239 e. The van der Waals surface area contributed by atoms with E-state index in [9.17, 15) is 9.59 Å². The zero-order valence-corrected chi connectivity index (χ0v) is 9.27. The lowest BCUT2D eigenvalue weighted by Crippen LogP contribution is -2.55. The van der Waals surface area contributed by atoms with Gasteiger partial charge in [0.15, 0.2) is 0 Å². The number of nitrogens with zero attached hydrogens (tertiary/aromatic N) is 1. The lowest BCUT2D eigenvalue weighted by Gasteiger charge is -2.22. The summed E-state index contributed by atoms with van der Waals surface area (Å²) in [7, 11) is 0. The second-order valence-corrected chi connectivity index (χ2v) is 3.86. The number of amides is 2. The first kappa shape index (κ1) is 11.5. The number of aromatic nitrogens is 1. The molecule has 1 unspecified atom stereocenters. The quantitative estimate of drug-likeness (QED) is 0.657. The molecule has 0 aliphatic carbocycles. The maximum atomic E-state index is 11.7. The molecule has 0 spiro atoms. The minimum absolute atomic E-state index is 0.0804. The van der Waals surface area contributed by atoms with E-state index in [1.165, 1.54) is 0 Å². The van der Waals surface area contributed by atoms with Gasteiger partial charge in [-0.2, -0.15) is 0 Å². The third-order valence-electron chi connectivity index (χ3n) is 2.58. The second-order valence-electron chi connectivity index (χ2n) is 3.86. The van der Waals surface area contributed by atoms with Gasteiger partial charge in [0, 0.05) is 25.4 Å². The van der Waals surface area contributed by atoms with Crippen LogP contribution in [-0.4, -0.2) is 22.8 Å². The molecule has 0 bridgehead atoms. The largest absolute Gasteiger partial charge is 0.351 e. The SMILES string of the molecule is O=C1CCC(C(=O)NCc2ccncc2)NN1. The highest BCUT2D eigenvalue weighted by atomic mass is 16.2. The molecule has 17 heavy (non-hydrogen) atoms. The first-order valence-electron chi connectivity index (χ1n) is 5.46. The lowest BCUT2D eigenvalue weighted by atomic mass is 10.1. The summed E-state index contributed by atoms with van der Waals surface area (Å²) in [4.78, 5) is 26.5. The van der Waals surface area contributed by atoms with E-state index in [0.29, 0.717) is 19.4 Å². The molecule has 3 N–H and O–H groups in total. The van der Waals surface area contributed by atoms with Crippen molar-refractivity contribution < 1.29 is 9.59 Å². The Kier molecular flexibility index (Phi) is 3.66. The van der Waals surface area contributed by atoms with E-state index < -0.39 is 0 Å². The van der Waals surface area contributed by atoms with E-state index in [2.05, 4.69) is 21.2 Å². The van der Waals surface area contributed by atoms with Gasteiger partial charge < -0.3 is 5.32 Å². The molecule has 2 rings (SSSR count). The molecule has 6 heteroatoms. The summed E-state index contributed by atoms with van der Waals surface area (Å²) in [6.45, 7) is 0.466. The van der Waals surface area contributed by atoms with Crippen molar-refractivity contribution in [2.75, 3.05) is 0 Å². The summed E-state index contributed by atoms with van der Waals surface area (Å²) < 4.78 is 0. The molecule has 90 valence electrons. The van der Waals surface area contributed by atoms with Crippen LogP contribution in [0.2, 0.25) is 0 Å². The highest BCUT2D eigenvalue weighted by Gasteiger charge is 2.23. The van der Waals surface area contributed by atoms with Crippen LogP contribution in [0.15, 0.2) is 24.5 Å². The molecule has 1 aromatic rings. The van der Waals surface area contributed by atoms with Gasteiger partial charge >= 0.3 is 0 Å². The molecule has 6 nitrogen and oxygen atoms in total. The second kappa shape index (κ2) is 5.40. The standard InChI is InChI=1S/C11H14N4O2/c16-10-2-1-9(14-15-10)11(17)13-7-8-3-5-12-6-4-8/h3-6,9,14H,1-2,7H2,(H,13,17)(H,15,16). The van der Waals surface area contributed by atoms with Crippen LogP contribution in [0.3, 0.4) is 0 Å². The van der Waals surface area contributed by atoms with Gasteiger partial charge in [0.25, 0.3) is 0 Å². The molecule has 0 saturated carbocycles. The van der Waals surface area contributed by atoms with Gasteiger partial charge in [-0.15, -0.1) is 0 Å². The Morgan fingerprint density at radius 1 is 1.47 bits per heavy atom. The number of pyridine rings is 1. The van der Waals surface area contributed by atoms with Gasteiger partial charge in [0.1, 0.15) is 6.04 Å². The van der Waals surface area contributed by atoms with Crippen molar-refractivity contribution in [1.29, 1.82) is 0 Å². The molecule has 1 aromatic heterocycles. The van der Waals surface area contributed by atoms with Crippen LogP contribution in [-0.2, 0) is 16.1 Å². The summed E-state index contributed by atoms with van der Waals surface area (Å²) in [5.41, 5.74) is 6.13. The zero-order valence-electron chi connectivity index (χ0n) is 9.27. The van der Waals surface area contributed by atoms with Gasteiger partial charge in [-0.3, -0.25) is 20.0 Å². The number of hydrogen-bond donors (Lipinski definition) is 3. The van der Waals surface area contributed by atoms with Crippen LogP contribution in [0.5, 0.6) is 0 Å². The molecule has 1 aliphatic heterocycles. The van der Waals surface area contributed by atoms with Gasteiger partial charge in [-0.05, 0) is 24.1 Å². The molecule has 0 aromatic carbocycles. The number of nitrogens with one attached hydrogen (secondary N) is 3. The van der Waals surface area contributed by atoms with E-state index in [1.54, 1.807) is 12.4 Å². The Bertz CT molecular complexity index is 397. The summed E-state index contributed by atoms with van der Waals surface area (Å²) in [5.74, 6) is -0.190. The summed E-state index contributed by atoms with van der Waals surface area (Å²) in [6.07, 6.45) is 4.26. The third-order valence-corrected chi connectivity index (χ3v) is 2.58. The zero-order chi connectivity index (χ0) is 12.1. The maximum absolute atomic E-state index is 11.7.